The highest BCUT2D eigenvalue weighted by molar-refractivity contribution is 5.04. The molecule has 94 valence electrons. The zero-order chi connectivity index (χ0) is 11.8. The summed E-state index contributed by atoms with van der Waals surface area (Å²) in [5.41, 5.74) is 6.15. The van der Waals surface area contributed by atoms with Crippen LogP contribution in [0.15, 0.2) is 0 Å². The van der Waals surface area contributed by atoms with Crippen molar-refractivity contribution in [2.75, 3.05) is 26.8 Å². The Labute approximate surface area is 99.3 Å². The van der Waals surface area contributed by atoms with Crippen molar-refractivity contribution in [2.45, 2.75) is 44.7 Å². The van der Waals surface area contributed by atoms with E-state index in [1.54, 1.807) is 7.11 Å². The van der Waals surface area contributed by atoms with E-state index in [9.17, 15) is 0 Å². The maximum absolute atomic E-state index is 6.08. The molecule has 1 aliphatic carbocycles. The lowest BCUT2D eigenvalue weighted by atomic mass is 9.83. The minimum Gasteiger partial charge on any atom is -0.383 e. The first-order valence-electron chi connectivity index (χ1n) is 6.59. The van der Waals surface area contributed by atoms with E-state index in [1.165, 1.54) is 25.8 Å². The lowest BCUT2D eigenvalue weighted by Crippen LogP contribution is -2.62. The van der Waals surface area contributed by atoms with Gasteiger partial charge in [0.15, 0.2) is 0 Å². The fraction of sp³-hybridized carbons (Fsp3) is 1.00. The van der Waals surface area contributed by atoms with E-state index in [1.807, 2.05) is 0 Å². The van der Waals surface area contributed by atoms with Crippen molar-refractivity contribution in [1.29, 1.82) is 0 Å². The smallest absolute Gasteiger partial charge is 0.0661 e. The van der Waals surface area contributed by atoms with Crippen molar-refractivity contribution in [3.63, 3.8) is 0 Å². The Morgan fingerprint density at radius 1 is 1.44 bits per heavy atom. The van der Waals surface area contributed by atoms with Crippen LogP contribution in [0, 0.1) is 11.8 Å². The van der Waals surface area contributed by atoms with Gasteiger partial charge < -0.3 is 10.5 Å². The van der Waals surface area contributed by atoms with Crippen LogP contribution in [0.1, 0.15) is 33.1 Å². The van der Waals surface area contributed by atoms with Gasteiger partial charge in [-0.2, -0.15) is 0 Å². The third kappa shape index (κ3) is 1.79. The largest absolute Gasteiger partial charge is 0.383 e. The first-order chi connectivity index (χ1) is 7.64. The Hall–Kier alpha value is -0.120. The molecule has 3 nitrogen and oxygen atoms in total. The van der Waals surface area contributed by atoms with Gasteiger partial charge in [0.2, 0.25) is 0 Å². The van der Waals surface area contributed by atoms with E-state index in [0.717, 1.165) is 18.6 Å². The summed E-state index contributed by atoms with van der Waals surface area (Å²) in [6.45, 7) is 7.27. The molecule has 2 rings (SSSR count). The highest BCUT2D eigenvalue weighted by atomic mass is 16.5. The van der Waals surface area contributed by atoms with Crippen LogP contribution < -0.4 is 5.73 Å². The van der Waals surface area contributed by atoms with Crippen molar-refractivity contribution < 1.29 is 4.74 Å². The number of likely N-dealkylation sites (tertiary alicyclic amines) is 1. The van der Waals surface area contributed by atoms with Crippen LogP contribution in [0.3, 0.4) is 0 Å². The van der Waals surface area contributed by atoms with Crippen molar-refractivity contribution >= 4 is 0 Å². The fourth-order valence-electron chi connectivity index (χ4n) is 3.71. The molecule has 0 aromatic carbocycles. The maximum Gasteiger partial charge on any atom is 0.0661 e. The molecular formula is C13H26N2O. The first-order valence-corrected chi connectivity index (χ1v) is 6.59. The van der Waals surface area contributed by atoms with Crippen LogP contribution in [0.2, 0.25) is 0 Å². The van der Waals surface area contributed by atoms with Gasteiger partial charge in [-0.05, 0) is 31.1 Å². The highest BCUT2D eigenvalue weighted by Crippen LogP contribution is 2.43. The van der Waals surface area contributed by atoms with Crippen molar-refractivity contribution in [2.24, 2.45) is 17.6 Å². The number of methoxy groups -OCH3 is 1. The normalized spacial score (nSPS) is 33.6. The topological polar surface area (TPSA) is 38.5 Å². The summed E-state index contributed by atoms with van der Waals surface area (Å²) in [7, 11) is 1.79. The van der Waals surface area contributed by atoms with E-state index in [4.69, 9.17) is 10.5 Å². The van der Waals surface area contributed by atoms with Crippen LogP contribution in [-0.4, -0.2) is 43.3 Å². The number of hydrogen-bond donors (Lipinski definition) is 1. The molecule has 3 atom stereocenters. The minimum absolute atomic E-state index is 0.0641. The molecule has 1 heterocycles. The summed E-state index contributed by atoms with van der Waals surface area (Å²) in [4.78, 5) is 2.66. The Bertz CT molecular complexity index is 244. The minimum atomic E-state index is 0.0641. The Balaban J connectivity index is 2.17. The molecule has 0 radical (unpaired) electrons. The van der Waals surface area contributed by atoms with E-state index in [-0.39, 0.29) is 5.54 Å². The Kier molecular flexibility index (Phi) is 3.57. The molecule has 2 bridgehead atoms. The second-order valence-electron chi connectivity index (χ2n) is 5.88. The molecule has 1 saturated heterocycles. The first kappa shape index (κ1) is 12.3. The molecule has 0 aromatic rings. The number of ether oxygens (including phenoxy) is 1. The second kappa shape index (κ2) is 4.63. The summed E-state index contributed by atoms with van der Waals surface area (Å²) in [6, 6.07) is 0.770. The van der Waals surface area contributed by atoms with E-state index in [0.29, 0.717) is 12.5 Å². The fourth-order valence-corrected chi connectivity index (χ4v) is 3.71. The van der Waals surface area contributed by atoms with Gasteiger partial charge in [0.1, 0.15) is 0 Å². The molecule has 2 N–H and O–H groups in total. The van der Waals surface area contributed by atoms with Crippen LogP contribution >= 0.6 is 0 Å². The molecule has 3 unspecified atom stereocenters. The molecule has 1 saturated carbocycles. The zero-order valence-corrected chi connectivity index (χ0v) is 10.9. The van der Waals surface area contributed by atoms with Gasteiger partial charge >= 0.3 is 0 Å². The SMILES string of the molecule is COCC(CN)(C(C)C)N1CC2CCC1C2. The third-order valence-corrected chi connectivity index (χ3v) is 4.80. The summed E-state index contributed by atoms with van der Waals surface area (Å²) in [6.07, 6.45) is 4.17. The number of fused-ring (bicyclic) bond motifs is 2. The number of piperidine rings is 1. The molecular weight excluding hydrogens is 200 g/mol. The van der Waals surface area contributed by atoms with Gasteiger partial charge in [0.05, 0.1) is 12.1 Å². The van der Waals surface area contributed by atoms with Crippen molar-refractivity contribution in [1.82, 2.24) is 4.90 Å². The monoisotopic (exact) mass is 226 g/mol. The summed E-state index contributed by atoms with van der Waals surface area (Å²) >= 11 is 0. The molecule has 0 aromatic heterocycles. The van der Waals surface area contributed by atoms with Crippen LogP contribution in [0.4, 0.5) is 0 Å². The molecule has 16 heavy (non-hydrogen) atoms. The predicted octanol–water partition coefficient (Wildman–Crippen LogP) is 1.47. The van der Waals surface area contributed by atoms with Gasteiger partial charge in [-0.25, -0.2) is 0 Å². The van der Waals surface area contributed by atoms with E-state index >= 15 is 0 Å². The zero-order valence-electron chi connectivity index (χ0n) is 10.9. The number of rotatable bonds is 5. The van der Waals surface area contributed by atoms with E-state index in [2.05, 4.69) is 18.7 Å². The molecule has 1 aliphatic heterocycles. The standard InChI is InChI=1S/C13H26N2O/c1-10(2)13(8-14,9-16-3)15-7-11-4-5-12(15)6-11/h10-12H,4-9,14H2,1-3H3. The Morgan fingerprint density at radius 3 is 2.56 bits per heavy atom. The van der Waals surface area contributed by atoms with Gasteiger partial charge in [-0.3, -0.25) is 4.90 Å². The van der Waals surface area contributed by atoms with Gasteiger partial charge in [-0.1, -0.05) is 13.8 Å². The van der Waals surface area contributed by atoms with Crippen molar-refractivity contribution in [3.8, 4) is 0 Å². The van der Waals surface area contributed by atoms with E-state index < -0.39 is 0 Å². The third-order valence-electron chi connectivity index (χ3n) is 4.80. The summed E-state index contributed by atoms with van der Waals surface area (Å²) in [5, 5.41) is 0. The molecule has 0 amide bonds. The van der Waals surface area contributed by atoms with Crippen LogP contribution in [0.25, 0.3) is 0 Å². The predicted molar refractivity (Wildman–Crippen MR) is 66.3 cm³/mol. The van der Waals surface area contributed by atoms with Crippen molar-refractivity contribution in [3.05, 3.63) is 0 Å². The summed E-state index contributed by atoms with van der Waals surface area (Å²) in [5.74, 6) is 1.48. The Morgan fingerprint density at radius 2 is 2.19 bits per heavy atom. The van der Waals surface area contributed by atoms with Crippen LogP contribution in [-0.2, 0) is 4.74 Å². The lowest BCUT2D eigenvalue weighted by molar-refractivity contribution is -0.0329. The highest BCUT2D eigenvalue weighted by Gasteiger charge is 2.49. The number of hydrogen-bond acceptors (Lipinski definition) is 3. The summed E-state index contributed by atoms with van der Waals surface area (Å²) < 4.78 is 5.46. The molecule has 0 spiro atoms. The molecule has 2 aliphatic rings. The van der Waals surface area contributed by atoms with Crippen LogP contribution in [0.5, 0.6) is 0 Å². The van der Waals surface area contributed by atoms with Gasteiger partial charge in [-0.15, -0.1) is 0 Å². The average Bonchev–Trinajstić information content (AvgIpc) is 2.87. The van der Waals surface area contributed by atoms with Gasteiger partial charge in [0.25, 0.3) is 0 Å². The quantitative estimate of drug-likeness (QED) is 0.771. The number of nitrogens with two attached hydrogens (primary N) is 1. The number of nitrogens with zero attached hydrogens (tertiary/aromatic N) is 1. The molecule has 2 fully saturated rings. The maximum atomic E-state index is 6.08. The second-order valence-corrected chi connectivity index (χ2v) is 5.88. The molecule has 3 heteroatoms. The average molecular weight is 226 g/mol. The lowest BCUT2D eigenvalue weighted by Gasteiger charge is -2.48. The van der Waals surface area contributed by atoms with Gasteiger partial charge in [0, 0.05) is 26.2 Å².